The van der Waals surface area contributed by atoms with E-state index >= 15 is 0 Å². The standard InChI is InChI=1S/C14H10Cl3FO/c15-7-10-11(16)2-1-3-14(10)19-8-9-4-5-13(18)12(17)6-9/h1-6H,7-8H2. The summed E-state index contributed by atoms with van der Waals surface area (Å²) in [6.07, 6.45) is 0. The maximum Gasteiger partial charge on any atom is 0.141 e. The molecule has 0 amide bonds. The van der Waals surface area contributed by atoms with Crippen molar-refractivity contribution >= 4 is 34.8 Å². The van der Waals surface area contributed by atoms with Crippen LogP contribution in [0.5, 0.6) is 5.75 Å². The molecule has 0 aliphatic rings. The summed E-state index contributed by atoms with van der Waals surface area (Å²) in [5.74, 6) is 0.427. The Morgan fingerprint density at radius 3 is 2.53 bits per heavy atom. The monoisotopic (exact) mass is 318 g/mol. The SMILES string of the molecule is Fc1ccc(COc2cccc(Cl)c2CCl)cc1Cl. The Kier molecular flexibility index (Phi) is 4.92. The topological polar surface area (TPSA) is 9.23 Å². The highest BCUT2D eigenvalue weighted by molar-refractivity contribution is 6.32. The van der Waals surface area contributed by atoms with Gasteiger partial charge in [0.05, 0.1) is 10.9 Å². The predicted molar refractivity (Wildman–Crippen MR) is 76.8 cm³/mol. The van der Waals surface area contributed by atoms with Gasteiger partial charge in [-0.15, -0.1) is 11.6 Å². The molecule has 0 aromatic heterocycles. The fourth-order valence-corrected chi connectivity index (χ4v) is 2.37. The molecule has 19 heavy (non-hydrogen) atoms. The van der Waals surface area contributed by atoms with Crippen molar-refractivity contribution in [1.82, 2.24) is 0 Å². The van der Waals surface area contributed by atoms with Crippen LogP contribution in [0.3, 0.4) is 0 Å². The third kappa shape index (κ3) is 3.53. The van der Waals surface area contributed by atoms with Crippen LogP contribution < -0.4 is 4.74 Å². The lowest BCUT2D eigenvalue weighted by molar-refractivity contribution is 0.303. The molecule has 1 nitrogen and oxygen atoms in total. The molecule has 0 N–H and O–H groups in total. The summed E-state index contributed by atoms with van der Waals surface area (Å²) in [6, 6.07) is 9.77. The van der Waals surface area contributed by atoms with Gasteiger partial charge in [-0.25, -0.2) is 4.39 Å². The van der Waals surface area contributed by atoms with Crippen molar-refractivity contribution in [1.29, 1.82) is 0 Å². The van der Waals surface area contributed by atoms with E-state index in [0.717, 1.165) is 11.1 Å². The van der Waals surface area contributed by atoms with Crippen molar-refractivity contribution in [3.63, 3.8) is 0 Å². The second-order valence-corrected chi connectivity index (χ2v) is 4.97. The molecular formula is C14H10Cl3FO. The summed E-state index contributed by atoms with van der Waals surface area (Å²) in [5.41, 5.74) is 1.51. The van der Waals surface area contributed by atoms with E-state index in [1.807, 2.05) is 0 Å². The van der Waals surface area contributed by atoms with Crippen LogP contribution in [0, 0.1) is 5.82 Å². The lowest BCUT2D eigenvalue weighted by atomic mass is 10.2. The van der Waals surface area contributed by atoms with Crippen LogP contribution in [0.4, 0.5) is 4.39 Å². The molecule has 5 heteroatoms. The first-order valence-electron chi connectivity index (χ1n) is 5.52. The zero-order valence-electron chi connectivity index (χ0n) is 9.80. The van der Waals surface area contributed by atoms with Gasteiger partial charge in [0, 0.05) is 10.6 Å². The second-order valence-electron chi connectivity index (χ2n) is 3.89. The van der Waals surface area contributed by atoms with Gasteiger partial charge in [0.1, 0.15) is 18.2 Å². The minimum Gasteiger partial charge on any atom is -0.489 e. The summed E-state index contributed by atoms with van der Waals surface area (Å²) in [5, 5.41) is 0.634. The first-order valence-corrected chi connectivity index (χ1v) is 6.81. The van der Waals surface area contributed by atoms with Crippen molar-refractivity contribution in [3.05, 3.63) is 63.4 Å². The third-order valence-corrected chi connectivity index (χ3v) is 3.50. The van der Waals surface area contributed by atoms with E-state index < -0.39 is 5.82 Å². The highest BCUT2D eigenvalue weighted by Gasteiger charge is 2.08. The molecule has 0 heterocycles. The van der Waals surface area contributed by atoms with Gasteiger partial charge in [-0.1, -0.05) is 35.3 Å². The molecule has 2 rings (SSSR count). The lowest BCUT2D eigenvalue weighted by Crippen LogP contribution is -1.98. The molecule has 2 aromatic rings. The maximum atomic E-state index is 13.0. The molecule has 0 aliphatic heterocycles. The van der Waals surface area contributed by atoms with Crippen molar-refractivity contribution < 1.29 is 9.13 Å². The first kappa shape index (κ1) is 14.4. The molecule has 0 unspecified atom stereocenters. The van der Waals surface area contributed by atoms with Crippen LogP contribution in [-0.2, 0) is 12.5 Å². The fraction of sp³-hybridized carbons (Fsp3) is 0.143. The summed E-state index contributed by atoms with van der Waals surface area (Å²) in [4.78, 5) is 0. The zero-order valence-corrected chi connectivity index (χ0v) is 12.1. The molecule has 0 saturated heterocycles. The van der Waals surface area contributed by atoms with E-state index in [-0.39, 0.29) is 17.5 Å². The van der Waals surface area contributed by atoms with E-state index in [2.05, 4.69) is 0 Å². The van der Waals surface area contributed by atoms with Gasteiger partial charge in [-0.05, 0) is 29.8 Å². The van der Waals surface area contributed by atoms with Gasteiger partial charge >= 0.3 is 0 Å². The van der Waals surface area contributed by atoms with E-state index in [9.17, 15) is 4.39 Å². The van der Waals surface area contributed by atoms with E-state index in [1.54, 1.807) is 24.3 Å². The van der Waals surface area contributed by atoms with Crippen LogP contribution in [0.1, 0.15) is 11.1 Å². The highest BCUT2D eigenvalue weighted by atomic mass is 35.5. The third-order valence-electron chi connectivity index (χ3n) is 2.59. The van der Waals surface area contributed by atoms with Gasteiger partial charge in [0.25, 0.3) is 0 Å². The second kappa shape index (κ2) is 6.47. The number of halogens is 4. The van der Waals surface area contributed by atoms with Crippen LogP contribution in [-0.4, -0.2) is 0 Å². The summed E-state index contributed by atoms with van der Waals surface area (Å²) >= 11 is 17.6. The van der Waals surface area contributed by atoms with Crippen LogP contribution in [0.15, 0.2) is 36.4 Å². The number of alkyl halides is 1. The normalized spacial score (nSPS) is 10.5. The molecule has 0 fully saturated rings. The lowest BCUT2D eigenvalue weighted by Gasteiger charge is -2.11. The smallest absolute Gasteiger partial charge is 0.141 e. The molecule has 0 spiro atoms. The minimum absolute atomic E-state index is 0.0739. The first-order chi connectivity index (χ1) is 9.11. The molecule has 100 valence electrons. The van der Waals surface area contributed by atoms with Crippen molar-refractivity contribution in [2.75, 3.05) is 0 Å². The number of benzene rings is 2. The molecule has 0 aliphatic carbocycles. The molecule has 0 saturated carbocycles. The van der Waals surface area contributed by atoms with Gasteiger partial charge in [-0.3, -0.25) is 0 Å². The van der Waals surface area contributed by atoms with Gasteiger partial charge in [0.15, 0.2) is 0 Å². The van der Waals surface area contributed by atoms with Crippen molar-refractivity contribution in [2.45, 2.75) is 12.5 Å². The Hall–Kier alpha value is -0.960. The average molecular weight is 320 g/mol. The Morgan fingerprint density at radius 2 is 1.84 bits per heavy atom. The summed E-state index contributed by atoms with van der Waals surface area (Å²) in [7, 11) is 0. The summed E-state index contributed by atoms with van der Waals surface area (Å²) < 4.78 is 18.7. The van der Waals surface area contributed by atoms with Crippen LogP contribution in [0.25, 0.3) is 0 Å². The average Bonchev–Trinajstić information content (AvgIpc) is 2.40. The van der Waals surface area contributed by atoms with Crippen LogP contribution in [0.2, 0.25) is 10.0 Å². The van der Waals surface area contributed by atoms with Gasteiger partial charge in [-0.2, -0.15) is 0 Å². The van der Waals surface area contributed by atoms with Crippen molar-refractivity contribution in [3.8, 4) is 5.75 Å². The van der Waals surface area contributed by atoms with E-state index in [0.29, 0.717) is 10.8 Å². The molecule has 0 bridgehead atoms. The van der Waals surface area contributed by atoms with Gasteiger partial charge in [0.2, 0.25) is 0 Å². The largest absolute Gasteiger partial charge is 0.489 e. The molecule has 2 aromatic carbocycles. The predicted octanol–water partition coefficient (Wildman–Crippen LogP) is 5.45. The minimum atomic E-state index is -0.449. The number of hydrogen-bond donors (Lipinski definition) is 0. The maximum absolute atomic E-state index is 13.0. The Morgan fingerprint density at radius 1 is 1.05 bits per heavy atom. The van der Waals surface area contributed by atoms with Gasteiger partial charge < -0.3 is 4.74 Å². The molecule has 0 atom stereocenters. The summed E-state index contributed by atoms with van der Waals surface area (Å²) in [6.45, 7) is 0.268. The Labute approximate surface area is 125 Å². The zero-order chi connectivity index (χ0) is 13.8. The number of hydrogen-bond acceptors (Lipinski definition) is 1. The molecule has 0 radical (unpaired) electrons. The fourth-order valence-electron chi connectivity index (χ4n) is 1.59. The molecular weight excluding hydrogens is 310 g/mol. The van der Waals surface area contributed by atoms with Crippen molar-refractivity contribution in [2.24, 2.45) is 0 Å². The van der Waals surface area contributed by atoms with E-state index in [1.165, 1.54) is 12.1 Å². The Bertz CT molecular complexity index is 587. The number of ether oxygens (including phenoxy) is 1. The number of rotatable bonds is 4. The van der Waals surface area contributed by atoms with E-state index in [4.69, 9.17) is 39.5 Å². The Balaban J connectivity index is 2.14. The highest BCUT2D eigenvalue weighted by Crippen LogP contribution is 2.28. The van der Waals surface area contributed by atoms with Crippen LogP contribution >= 0.6 is 34.8 Å². The quantitative estimate of drug-likeness (QED) is 0.681.